The highest BCUT2D eigenvalue weighted by molar-refractivity contribution is 6.27. The van der Waals surface area contributed by atoms with Crippen LogP contribution in [0.5, 0.6) is 0 Å². The van der Waals surface area contributed by atoms with Gasteiger partial charge in [0.2, 0.25) is 0 Å². The second kappa shape index (κ2) is 5.65. The Labute approximate surface area is 64.9 Å². The minimum absolute atomic E-state index is 0.0165. The standard InChI is InChI=1S/C6H11ClO3/c1-2-10-6(9)3-5(8)4-7/h6,9H,2-4H2,1H3/t6-/m0/s1. The largest absolute Gasteiger partial charge is 0.368 e. The van der Waals surface area contributed by atoms with Crippen LogP contribution >= 0.6 is 11.6 Å². The molecule has 0 unspecified atom stereocenters. The molecule has 0 fully saturated rings. The third-order valence-corrected chi connectivity index (χ3v) is 1.21. The molecular weight excluding hydrogens is 156 g/mol. The van der Waals surface area contributed by atoms with E-state index >= 15 is 0 Å². The summed E-state index contributed by atoms with van der Waals surface area (Å²) in [5.74, 6) is -0.271. The van der Waals surface area contributed by atoms with Gasteiger partial charge in [-0.15, -0.1) is 11.6 Å². The summed E-state index contributed by atoms with van der Waals surface area (Å²) >= 11 is 5.18. The fourth-order valence-corrected chi connectivity index (χ4v) is 0.610. The van der Waals surface area contributed by atoms with E-state index in [0.717, 1.165) is 0 Å². The Morgan fingerprint density at radius 2 is 2.40 bits per heavy atom. The topological polar surface area (TPSA) is 46.5 Å². The van der Waals surface area contributed by atoms with Crippen LogP contribution in [0.4, 0.5) is 0 Å². The first kappa shape index (κ1) is 9.88. The van der Waals surface area contributed by atoms with E-state index in [1.54, 1.807) is 6.92 Å². The molecule has 0 aliphatic rings. The highest BCUT2D eigenvalue weighted by atomic mass is 35.5. The summed E-state index contributed by atoms with van der Waals surface area (Å²) in [7, 11) is 0. The molecule has 0 radical (unpaired) electrons. The molecule has 0 spiro atoms. The Hall–Kier alpha value is -0.120. The van der Waals surface area contributed by atoms with Gasteiger partial charge in [-0.1, -0.05) is 0 Å². The van der Waals surface area contributed by atoms with Gasteiger partial charge in [0.25, 0.3) is 0 Å². The first-order chi connectivity index (χ1) is 4.70. The Morgan fingerprint density at radius 3 is 2.80 bits per heavy atom. The maximum atomic E-state index is 10.5. The van der Waals surface area contributed by atoms with Crippen LogP contribution in [0.15, 0.2) is 0 Å². The average Bonchev–Trinajstić information content (AvgIpc) is 1.88. The molecule has 1 atom stereocenters. The molecule has 0 saturated heterocycles. The molecule has 0 aromatic rings. The molecule has 0 bridgehead atoms. The quantitative estimate of drug-likeness (QED) is 0.479. The molecule has 1 N–H and O–H groups in total. The number of halogens is 1. The lowest BCUT2D eigenvalue weighted by Gasteiger charge is -2.07. The van der Waals surface area contributed by atoms with Crippen LogP contribution in [0.3, 0.4) is 0 Å². The maximum absolute atomic E-state index is 10.5. The van der Waals surface area contributed by atoms with Gasteiger partial charge in [0.15, 0.2) is 12.1 Å². The Bertz CT molecular complexity index is 105. The van der Waals surface area contributed by atoms with E-state index in [-0.39, 0.29) is 18.1 Å². The number of ether oxygens (including phenoxy) is 1. The van der Waals surface area contributed by atoms with E-state index in [0.29, 0.717) is 6.61 Å². The van der Waals surface area contributed by atoms with Crippen molar-refractivity contribution in [3.8, 4) is 0 Å². The number of Topliss-reactive ketones (excluding diaryl/α,β-unsaturated/α-hetero) is 1. The van der Waals surface area contributed by atoms with Gasteiger partial charge >= 0.3 is 0 Å². The van der Waals surface area contributed by atoms with Crippen LogP contribution in [0.2, 0.25) is 0 Å². The smallest absolute Gasteiger partial charge is 0.161 e. The molecule has 3 nitrogen and oxygen atoms in total. The van der Waals surface area contributed by atoms with Crippen molar-refractivity contribution in [1.82, 2.24) is 0 Å². The van der Waals surface area contributed by atoms with Gasteiger partial charge in [-0.3, -0.25) is 4.79 Å². The fraction of sp³-hybridized carbons (Fsp3) is 0.833. The number of carbonyl (C=O) groups excluding carboxylic acids is 1. The maximum Gasteiger partial charge on any atom is 0.161 e. The van der Waals surface area contributed by atoms with Gasteiger partial charge in [0.05, 0.1) is 12.3 Å². The molecule has 0 rings (SSSR count). The SMILES string of the molecule is CCO[C@H](O)CC(=O)CCl. The predicted octanol–water partition coefficient (Wildman–Crippen LogP) is 0.539. The molecule has 0 aliphatic carbocycles. The number of carbonyl (C=O) groups is 1. The van der Waals surface area contributed by atoms with E-state index in [9.17, 15) is 4.79 Å². The number of hydrogen-bond donors (Lipinski definition) is 1. The lowest BCUT2D eigenvalue weighted by atomic mass is 10.3. The van der Waals surface area contributed by atoms with Gasteiger partial charge in [-0.05, 0) is 6.92 Å². The van der Waals surface area contributed by atoms with E-state index < -0.39 is 6.29 Å². The van der Waals surface area contributed by atoms with Gasteiger partial charge < -0.3 is 9.84 Å². The molecule has 0 amide bonds. The number of alkyl halides is 1. The van der Waals surface area contributed by atoms with Crippen molar-refractivity contribution in [3.05, 3.63) is 0 Å². The zero-order chi connectivity index (χ0) is 7.98. The van der Waals surface area contributed by atoms with E-state index in [1.807, 2.05) is 0 Å². The Morgan fingerprint density at radius 1 is 1.80 bits per heavy atom. The molecule has 0 aromatic carbocycles. The summed E-state index contributed by atoms with van der Waals surface area (Å²) in [4.78, 5) is 10.5. The summed E-state index contributed by atoms with van der Waals surface area (Å²) in [6.45, 7) is 2.14. The predicted molar refractivity (Wildman–Crippen MR) is 38.0 cm³/mol. The van der Waals surface area contributed by atoms with Gasteiger partial charge in [0.1, 0.15) is 0 Å². The van der Waals surface area contributed by atoms with Crippen LogP contribution < -0.4 is 0 Å². The molecule has 10 heavy (non-hydrogen) atoms. The van der Waals surface area contributed by atoms with Crippen molar-refractivity contribution >= 4 is 17.4 Å². The summed E-state index contributed by atoms with van der Waals surface area (Å²) in [6.07, 6.45) is -1.01. The van der Waals surface area contributed by atoms with Crippen LogP contribution in [-0.4, -0.2) is 29.7 Å². The molecule has 4 heteroatoms. The summed E-state index contributed by atoms with van der Waals surface area (Å²) < 4.78 is 4.69. The second-order valence-electron chi connectivity index (χ2n) is 1.79. The minimum Gasteiger partial charge on any atom is -0.368 e. The lowest BCUT2D eigenvalue weighted by Crippen LogP contribution is -2.17. The third kappa shape index (κ3) is 4.73. The monoisotopic (exact) mass is 166 g/mol. The van der Waals surface area contributed by atoms with E-state index in [1.165, 1.54) is 0 Å². The zero-order valence-electron chi connectivity index (χ0n) is 5.84. The molecule has 60 valence electrons. The van der Waals surface area contributed by atoms with Crippen molar-refractivity contribution in [3.63, 3.8) is 0 Å². The van der Waals surface area contributed by atoms with E-state index in [4.69, 9.17) is 21.4 Å². The van der Waals surface area contributed by atoms with Crippen LogP contribution in [-0.2, 0) is 9.53 Å². The normalized spacial score (nSPS) is 13.1. The van der Waals surface area contributed by atoms with Crippen molar-refractivity contribution in [1.29, 1.82) is 0 Å². The first-order valence-electron chi connectivity index (χ1n) is 3.08. The number of aliphatic hydroxyl groups excluding tert-OH is 1. The lowest BCUT2D eigenvalue weighted by molar-refractivity contribution is -0.133. The second-order valence-corrected chi connectivity index (χ2v) is 2.05. The van der Waals surface area contributed by atoms with Gasteiger partial charge in [-0.25, -0.2) is 0 Å². The van der Waals surface area contributed by atoms with Crippen molar-refractivity contribution < 1.29 is 14.6 Å². The van der Waals surface area contributed by atoms with Crippen molar-refractivity contribution in [2.75, 3.05) is 12.5 Å². The van der Waals surface area contributed by atoms with Crippen LogP contribution in [0.1, 0.15) is 13.3 Å². The molecule has 0 aromatic heterocycles. The Balaban J connectivity index is 3.37. The average molecular weight is 167 g/mol. The number of hydrogen-bond acceptors (Lipinski definition) is 3. The number of rotatable bonds is 5. The number of ketones is 1. The summed E-state index contributed by atoms with van der Waals surface area (Å²) in [5, 5.41) is 8.85. The summed E-state index contributed by atoms with van der Waals surface area (Å²) in [6, 6.07) is 0. The fourth-order valence-electron chi connectivity index (χ4n) is 0.501. The molecule has 0 saturated carbocycles. The highest BCUT2D eigenvalue weighted by Gasteiger charge is 2.08. The van der Waals surface area contributed by atoms with Crippen molar-refractivity contribution in [2.24, 2.45) is 0 Å². The molecule has 0 heterocycles. The highest BCUT2D eigenvalue weighted by Crippen LogP contribution is 1.96. The molecule has 0 aliphatic heterocycles. The van der Waals surface area contributed by atoms with E-state index in [2.05, 4.69) is 0 Å². The summed E-state index contributed by atoms with van der Waals surface area (Å²) in [5.41, 5.74) is 0. The first-order valence-corrected chi connectivity index (χ1v) is 3.61. The Kier molecular flexibility index (Phi) is 5.58. The molecular formula is C6H11ClO3. The van der Waals surface area contributed by atoms with Crippen LogP contribution in [0.25, 0.3) is 0 Å². The zero-order valence-corrected chi connectivity index (χ0v) is 6.60. The van der Waals surface area contributed by atoms with Crippen LogP contribution in [0, 0.1) is 0 Å². The van der Waals surface area contributed by atoms with Gasteiger partial charge in [-0.2, -0.15) is 0 Å². The third-order valence-electron chi connectivity index (χ3n) is 0.910. The van der Waals surface area contributed by atoms with Crippen molar-refractivity contribution in [2.45, 2.75) is 19.6 Å². The number of aliphatic hydroxyl groups is 1. The minimum atomic E-state index is -0.990. The van der Waals surface area contributed by atoms with Gasteiger partial charge in [0, 0.05) is 6.61 Å².